The average Bonchev–Trinajstić information content (AvgIpc) is 3.14. The van der Waals surface area contributed by atoms with Crippen molar-refractivity contribution in [2.75, 3.05) is 19.8 Å². The van der Waals surface area contributed by atoms with E-state index in [0.29, 0.717) is 19.1 Å². The molecule has 1 N–H and O–H groups in total. The van der Waals surface area contributed by atoms with E-state index in [-0.39, 0.29) is 11.4 Å². The number of ether oxygens (including phenoxy) is 3. The lowest BCUT2D eigenvalue weighted by Crippen LogP contribution is -2.52. The van der Waals surface area contributed by atoms with E-state index in [1.54, 1.807) is 0 Å². The predicted molar refractivity (Wildman–Crippen MR) is 77.9 cm³/mol. The van der Waals surface area contributed by atoms with Crippen LogP contribution in [0.2, 0.25) is 0 Å². The Labute approximate surface area is 127 Å². The van der Waals surface area contributed by atoms with E-state index in [1.807, 2.05) is 0 Å². The van der Waals surface area contributed by atoms with Crippen LogP contribution in [0.5, 0.6) is 0 Å². The quantitative estimate of drug-likeness (QED) is 0.808. The molecule has 2 aliphatic carbocycles. The molecule has 1 atom stereocenters. The fourth-order valence-corrected chi connectivity index (χ4v) is 5.11. The second-order valence-corrected chi connectivity index (χ2v) is 7.64. The third-order valence-electron chi connectivity index (χ3n) is 6.46. The number of hydrogen-bond donors (Lipinski definition) is 1. The van der Waals surface area contributed by atoms with Gasteiger partial charge in [0.25, 0.3) is 0 Å². The molecule has 2 heterocycles. The molecule has 2 spiro atoms. The van der Waals surface area contributed by atoms with Crippen LogP contribution in [0.15, 0.2) is 0 Å². The van der Waals surface area contributed by atoms with Crippen molar-refractivity contribution in [3.63, 3.8) is 0 Å². The minimum absolute atomic E-state index is 0.0914. The lowest BCUT2D eigenvalue weighted by molar-refractivity contribution is -0.221. The molecule has 4 fully saturated rings. The second kappa shape index (κ2) is 5.19. The van der Waals surface area contributed by atoms with Gasteiger partial charge in [0.2, 0.25) is 0 Å². The van der Waals surface area contributed by atoms with Gasteiger partial charge in [-0.3, -0.25) is 0 Å². The van der Waals surface area contributed by atoms with Gasteiger partial charge in [0.05, 0.1) is 24.4 Å². The van der Waals surface area contributed by atoms with E-state index in [1.165, 1.54) is 25.7 Å². The monoisotopic (exact) mass is 296 g/mol. The topological polar surface area (TPSA) is 47.9 Å². The normalized spacial score (nSPS) is 37.3. The molecule has 4 aliphatic rings. The molecule has 0 aromatic carbocycles. The molecule has 4 nitrogen and oxygen atoms in total. The van der Waals surface area contributed by atoms with Crippen LogP contribution < -0.4 is 0 Å². The van der Waals surface area contributed by atoms with Gasteiger partial charge in [-0.1, -0.05) is 12.8 Å². The van der Waals surface area contributed by atoms with E-state index < -0.39 is 5.60 Å². The first kappa shape index (κ1) is 14.4. The van der Waals surface area contributed by atoms with Gasteiger partial charge in [0.1, 0.15) is 0 Å². The third kappa shape index (κ3) is 2.54. The summed E-state index contributed by atoms with van der Waals surface area (Å²) in [5, 5.41) is 11.2. The first-order valence-corrected chi connectivity index (χ1v) is 8.78. The summed E-state index contributed by atoms with van der Waals surface area (Å²) < 4.78 is 17.7. The van der Waals surface area contributed by atoms with Crippen LogP contribution in [0, 0.1) is 5.92 Å². The highest BCUT2D eigenvalue weighted by molar-refractivity contribution is 5.01. The Morgan fingerprint density at radius 1 is 0.762 bits per heavy atom. The highest BCUT2D eigenvalue weighted by Gasteiger charge is 2.52. The average molecular weight is 296 g/mol. The SMILES string of the molecule is OC1(C2CCOC3(CCCC3)C2)CCC2(CC1)OCCO2. The molecule has 2 aliphatic heterocycles. The van der Waals surface area contributed by atoms with Crippen LogP contribution in [-0.2, 0) is 14.2 Å². The van der Waals surface area contributed by atoms with Gasteiger partial charge in [0.15, 0.2) is 5.79 Å². The van der Waals surface area contributed by atoms with E-state index in [2.05, 4.69) is 0 Å². The maximum atomic E-state index is 11.2. The summed E-state index contributed by atoms with van der Waals surface area (Å²) in [5.41, 5.74) is -0.436. The predicted octanol–water partition coefficient (Wildman–Crippen LogP) is 2.77. The van der Waals surface area contributed by atoms with Crippen molar-refractivity contribution in [3.05, 3.63) is 0 Å². The molecule has 4 heteroatoms. The number of aliphatic hydroxyl groups is 1. The zero-order chi connectivity index (χ0) is 14.4. The Kier molecular flexibility index (Phi) is 3.57. The molecule has 0 aromatic heterocycles. The largest absolute Gasteiger partial charge is 0.390 e. The van der Waals surface area contributed by atoms with Gasteiger partial charge in [0, 0.05) is 19.4 Å². The fourth-order valence-electron chi connectivity index (χ4n) is 5.11. The van der Waals surface area contributed by atoms with Gasteiger partial charge in [-0.15, -0.1) is 0 Å². The number of hydrogen-bond acceptors (Lipinski definition) is 4. The van der Waals surface area contributed by atoms with Crippen LogP contribution in [0.1, 0.15) is 64.2 Å². The van der Waals surface area contributed by atoms with E-state index in [4.69, 9.17) is 14.2 Å². The lowest BCUT2D eigenvalue weighted by Gasteiger charge is -2.49. The summed E-state index contributed by atoms with van der Waals surface area (Å²) in [7, 11) is 0. The third-order valence-corrected chi connectivity index (χ3v) is 6.46. The molecule has 0 amide bonds. The number of rotatable bonds is 1. The van der Waals surface area contributed by atoms with Crippen molar-refractivity contribution >= 4 is 0 Å². The van der Waals surface area contributed by atoms with Crippen LogP contribution in [-0.4, -0.2) is 41.9 Å². The fraction of sp³-hybridized carbons (Fsp3) is 1.00. The molecule has 0 bridgehead atoms. The Hall–Kier alpha value is -0.160. The molecule has 0 aromatic rings. The van der Waals surface area contributed by atoms with Gasteiger partial charge in [-0.25, -0.2) is 0 Å². The van der Waals surface area contributed by atoms with Crippen LogP contribution in [0.25, 0.3) is 0 Å². The minimum atomic E-state index is -0.528. The molecule has 2 saturated carbocycles. The van der Waals surface area contributed by atoms with Gasteiger partial charge in [-0.05, 0) is 44.4 Å². The molecule has 1 unspecified atom stereocenters. The van der Waals surface area contributed by atoms with Gasteiger partial charge >= 0.3 is 0 Å². The van der Waals surface area contributed by atoms with E-state index in [0.717, 1.165) is 45.1 Å². The molecule has 120 valence electrons. The standard InChI is InChI=1S/C17H28O4/c18-16(6-8-17(9-7-16)20-11-12-21-17)14-3-10-19-15(13-14)4-1-2-5-15/h14,18H,1-13H2. The van der Waals surface area contributed by atoms with Crippen molar-refractivity contribution in [2.24, 2.45) is 5.92 Å². The minimum Gasteiger partial charge on any atom is -0.390 e. The van der Waals surface area contributed by atoms with Crippen LogP contribution >= 0.6 is 0 Å². The summed E-state index contributed by atoms with van der Waals surface area (Å²) >= 11 is 0. The Balaban J connectivity index is 1.43. The highest BCUT2D eigenvalue weighted by atomic mass is 16.7. The first-order valence-electron chi connectivity index (χ1n) is 8.78. The van der Waals surface area contributed by atoms with Crippen molar-refractivity contribution < 1.29 is 19.3 Å². The van der Waals surface area contributed by atoms with Crippen molar-refractivity contribution in [2.45, 2.75) is 81.2 Å². The Bertz CT molecular complexity index is 372. The molecular formula is C17H28O4. The van der Waals surface area contributed by atoms with Crippen molar-refractivity contribution in [1.82, 2.24) is 0 Å². The second-order valence-electron chi connectivity index (χ2n) is 7.64. The molecule has 4 rings (SSSR count). The maximum Gasteiger partial charge on any atom is 0.168 e. The summed E-state index contributed by atoms with van der Waals surface area (Å²) in [4.78, 5) is 0. The molecular weight excluding hydrogens is 268 g/mol. The maximum absolute atomic E-state index is 11.2. The van der Waals surface area contributed by atoms with Crippen LogP contribution in [0.4, 0.5) is 0 Å². The summed E-state index contributed by atoms with van der Waals surface area (Å²) in [5.74, 6) is 0.0192. The Morgan fingerprint density at radius 2 is 1.43 bits per heavy atom. The van der Waals surface area contributed by atoms with Crippen molar-refractivity contribution in [3.8, 4) is 0 Å². The summed E-state index contributed by atoms with van der Waals surface area (Å²) in [6.45, 7) is 2.24. The van der Waals surface area contributed by atoms with Crippen LogP contribution in [0.3, 0.4) is 0 Å². The highest BCUT2D eigenvalue weighted by Crippen LogP contribution is 2.50. The molecule has 2 saturated heterocycles. The smallest absolute Gasteiger partial charge is 0.168 e. The summed E-state index contributed by atoms with van der Waals surface area (Å²) in [6.07, 6.45) is 10.3. The van der Waals surface area contributed by atoms with Gasteiger partial charge < -0.3 is 19.3 Å². The Morgan fingerprint density at radius 3 is 2.10 bits per heavy atom. The lowest BCUT2D eigenvalue weighted by atomic mass is 9.68. The molecule has 21 heavy (non-hydrogen) atoms. The first-order chi connectivity index (χ1) is 10.1. The van der Waals surface area contributed by atoms with Crippen molar-refractivity contribution in [1.29, 1.82) is 0 Å². The zero-order valence-corrected chi connectivity index (χ0v) is 12.9. The molecule has 0 radical (unpaired) electrons. The van der Waals surface area contributed by atoms with E-state index >= 15 is 0 Å². The van der Waals surface area contributed by atoms with Gasteiger partial charge in [-0.2, -0.15) is 0 Å². The van der Waals surface area contributed by atoms with E-state index in [9.17, 15) is 5.11 Å². The summed E-state index contributed by atoms with van der Waals surface area (Å²) in [6, 6.07) is 0. The zero-order valence-electron chi connectivity index (χ0n) is 12.9.